The highest BCUT2D eigenvalue weighted by atomic mass is 35.5. The summed E-state index contributed by atoms with van der Waals surface area (Å²) in [7, 11) is 0. The van der Waals surface area contributed by atoms with Crippen LogP contribution in [0.5, 0.6) is 0 Å². The predicted octanol–water partition coefficient (Wildman–Crippen LogP) is 4.46. The van der Waals surface area contributed by atoms with Crippen molar-refractivity contribution in [2.45, 2.75) is 38.8 Å². The Hall–Kier alpha value is -2.66. The molecule has 6 heteroatoms. The van der Waals surface area contributed by atoms with E-state index in [9.17, 15) is 14.4 Å². The van der Waals surface area contributed by atoms with Gasteiger partial charge in [-0.15, -0.1) is 0 Å². The van der Waals surface area contributed by atoms with Crippen molar-refractivity contribution in [2.24, 2.45) is 5.92 Å². The van der Waals surface area contributed by atoms with Crippen molar-refractivity contribution in [3.8, 4) is 0 Å². The molecule has 0 aromatic heterocycles. The van der Waals surface area contributed by atoms with Crippen LogP contribution in [0.25, 0.3) is 0 Å². The van der Waals surface area contributed by atoms with Crippen molar-refractivity contribution in [3.05, 3.63) is 70.7 Å². The molecule has 1 fully saturated rings. The molecule has 2 aromatic carbocycles. The van der Waals surface area contributed by atoms with E-state index in [1.807, 2.05) is 42.5 Å². The summed E-state index contributed by atoms with van der Waals surface area (Å²) in [6.07, 6.45) is 1.04. The van der Waals surface area contributed by atoms with Gasteiger partial charge < -0.3 is 4.74 Å². The average molecular weight is 414 g/mol. The van der Waals surface area contributed by atoms with Gasteiger partial charge in [0.05, 0.1) is 12.0 Å². The van der Waals surface area contributed by atoms with Crippen LogP contribution in [0.2, 0.25) is 5.02 Å². The number of Topliss-reactive ketones (excluding diaryl/α,β-unsaturated/α-hetero) is 2. The number of ketones is 2. The monoisotopic (exact) mass is 413 g/mol. The van der Waals surface area contributed by atoms with E-state index in [0.717, 1.165) is 11.1 Å². The van der Waals surface area contributed by atoms with Gasteiger partial charge in [0.2, 0.25) is 0 Å². The van der Waals surface area contributed by atoms with Gasteiger partial charge in [0, 0.05) is 11.6 Å². The van der Waals surface area contributed by atoms with E-state index >= 15 is 0 Å². The number of amides is 1. The van der Waals surface area contributed by atoms with Crippen LogP contribution in [0, 0.1) is 5.92 Å². The first-order valence-corrected chi connectivity index (χ1v) is 10.1. The Kier molecular flexibility index (Phi) is 7.04. The first-order valence-electron chi connectivity index (χ1n) is 9.71. The molecule has 2 unspecified atom stereocenters. The van der Waals surface area contributed by atoms with Gasteiger partial charge in [0.25, 0.3) is 0 Å². The minimum Gasteiger partial charge on any atom is -0.445 e. The minimum atomic E-state index is -0.788. The highest BCUT2D eigenvalue weighted by Crippen LogP contribution is 2.25. The largest absolute Gasteiger partial charge is 0.445 e. The van der Waals surface area contributed by atoms with Crippen LogP contribution >= 0.6 is 11.6 Å². The number of carbonyl (C=O) groups excluding carboxylic acids is 3. The molecule has 1 saturated heterocycles. The zero-order valence-corrected chi connectivity index (χ0v) is 17.1. The summed E-state index contributed by atoms with van der Waals surface area (Å²) in [4.78, 5) is 39.4. The van der Waals surface area contributed by atoms with Crippen molar-refractivity contribution in [2.75, 3.05) is 6.54 Å². The number of rotatable bonds is 7. The lowest BCUT2D eigenvalue weighted by molar-refractivity contribution is -0.134. The lowest BCUT2D eigenvalue weighted by Gasteiger charge is -2.26. The quantitative estimate of drug-likeness (QED) is 0.629. The molecule has 2 atom stereocenters. The van der Waals surface area contributed by atoms with Gasteiger partial charge in [-0.05, 0) is 49.4 Å². The third-order valence-electron chi connectivity index (χ3n) is 5.21. The molecule has 0 N–H and O–H groups in total. The van der Waals surface area contributed by atoms with Crippen LogP contribution in [0.3, 0.4) is 0 Å². The van der Waals surface area contributed by atoms with E-state index in [-0.39, 0.29) is 18.2 Å². The number of likely N-dealkylation sites (tertiary alicyclic amines) is 1. The molecule has 29 heavy (non-hydrogen) atoms. The first kappa shape index (κ1) is 21.1. The van der Waals surface area contributed by atoms with E-state index in [0.29, 0.717) is 30.8 Å². The van der Waals surface area contributed by atoms with Crippen LogP contribution in [-0.2, 0) is 27.4 Å². The van der Waals surface area contributed by atoms with E-state index in [1.54, 1.807) is 12.1 Å². The van der Waals surface area contributed by atoms with Gasteiger partial charge in [0.1, 0.15) is 12.4 Å². The molecule has 0 bridgehead atoms. The van der Waals surface area contributed by atoms with Crippen molar-refractivity contribution in [1.29, 1.82) is 0 Å². The fraction of sp³-hybridized carbons (Fsp3) is 0.348. The molecule has 0 radical (unpaired) electrons. The van der Waals surface area contributed by atoms with Crippen LogP contribution in [0.1, 0.15) is 30.9 Å². The van der Waals surface area contributed by atoms with E-state index < -0.39 is 18.1 Å². The highest BCUT2D eigenvalue weighted by Gasteiger charge is 2.39. The molecule has 2 aromatic rings. The number of hydrogen-bond acceptors (Lipinski definition) is 4. The van der Waals surface area contributed by atoms with Gasteiger partial charge in [-0.2, -0.15) is 0 Å². The van der Waals surface area contributed by atoms with Crippen LogP contribution in [0.15, 0.2) is 54.6 Å². The zero-order chi connectivity index (χ0) is 20.8. The molecule has 0 spiro atoms. The Morgan fingerprint density at radius 1 is 1.07 bits per heavy atom. The van der Waals surface area contributed by atoms with Gasteiger partial charge in [-0.25, -0.2) is 4.79 Å². The molecule has 0 saturated carbocycles. The fourth-order valence-corrected chi connectivity index (χ4v) is 3.74. The zero-order valence-electron chi connectivity index (χ0n) is 16.3. The summed E-state index contributed by atoms with van der Waals surface area (Å²) in [5, 5.41) is 0.600. The number of hydrogen-bond donors (Lipinski definition) is 0. The van der Waals surface area contributed by atoms with Gasteiger partial charge >= 0.3 is 6.09 Å². The SMILES string of the molecule is CC(=O)C(Cc1ccc(Cl)cc1)C(=O)C1CCCN1C(=O)OCc1ccccc1. The highest BCUT2D eigenvalue weighted by molar-refractivity contribution is 6.30. The Morgan fingerprint density at radius 2 is 1.76 bits per heavy atom. The third kappa shape index (κ3) is 5.45. The fourth-order valence-electron chi connectivity index (χ4n) is 3.62. The van der Waals surface area contributed by atoms with Gasteiger partial charge in [-0.1, -0.05) is 54.1 Å². The standard InChI is InChI=1S/C23H24ClNO4/c1-16(26)20(14-17-9-11-19(24)12-10-17)22(27)21-8-5-13-25(21)23(28)29-15-18-6-3-2-4-7-18/h2-4,6-7,9-12,20-21H,5,8,13-15H2,1H3. The van der Waals surface area contributed by atoms with Crippen LogP contribution in [0.4, 0.5) is 4.79 Å². The molecule has 152 valence electrons. The second-order valence-electron chi connectivity index (χ2n) is 7.29. The van der Waals surface area contributed by atoms with Gasteiger partial charge in [-0.3, -0.25) is 14.5 Å². The summed E-state index contributed by atoms with van der Waals surface area (Å²) in [6.45, 7) is 2.03. The number of ether oxygens (including phenoxy) is 1. The summed E-state index contributed by atoms with van der Waals surface area (Å²) in [5.41, 5.74) is 1.74. The van der Waals surface area contributed by atoms with E-state index in [2.05, 4.69) is 0 Å². The smallest absolute Gasteiger partial charge is 0.410 e. The molecular weight excluding hydrogens is 390 g/mol. The summed E-state index contributed by atoms with van der Waals surface area (Å²) in [6, 6.07) is 15.9. The normalized spacial score (nSPS) is 17.0. The topological polar surface area (TPSA) is 63.7 Å². The second kappa shape index (κ2) is 9.70. The molecule has 1 aliphatic heterocycles. The summed E-state index contributed by atoms with van der Waals surface area (Å²) < 4.78 is 5.40. The maximum Gasteiger partial charge on any atom is 0.410 e. The maximum absolute atomic E-state index is 13.2. The Balaban J connectivity index is 1.67. The second-order valence-corrected chi connectivity index (χ2v) is 7.72. The molecular formula is C23H24ClNO4. The molecule has 3 rings (SSSR count). The maximum atomic E-state index is 13.2. The van der Waals surface area contributed by atoms with E-state index in [4.69, 9.17) is 16.3 Å². The number of carbonyl (C=O) groups is 3. The Bertz CT molecular complexity index is 866. The molecule has 0 aliphatic carbocycles. The third-order valence-corrected chi connectivity index (χ3v) is 5.46. The van der Waals surface area contributed by atoms with Crippen molar-refractivity contribution < 1.29 is 19.1 Å². The average Bonchev–Trinajstić information content (AvgIpc) is 3.21. The molecule has 1 amide bonds. The van der Waals surface area contributed by atoms with Crippen molar-refractivity contribution in [3.63, 3.8) is 0 Å². The van der Waals surface area contributed by atoms with Crippen molar-refractivity contribution >= 4 is 29.3 Å². The lowest BCUT2D eigenvalue weighted by Crippen LogP contribution is -2.45. The van der Waals surface area contributed by atoms with Crippen molar-refractivity contribution in [1.82, 2.24) is 4.90 Å². The molecule has 1 heterocycles. The lowest BCUT2D eigenvalue weighted by atomic mass is 9.87. The molecule has 5 nitrogen and oxygen atoms in total. The number of benzene rings is 2. The van der Waals surface area contributed by atoms with Crippen LogP contribution in [-0.4, -0.2) is 35.1 Å². The first-order chi connectivity index (χ1) is 14.0. The summed E-state index contributed by atoms with van der Waals surface area (Å²) >= 11 is 5.91. The van der Waals surface area contributed by atoms with Gasteiger partial charge in [0.15, 0.2) is 5.78 Å². The predicted molar refractivity (Wildman–Crippen MR) is 111 cm³/mol. The van der Waals surface area contributed by atoms with Crippen LogP contribution < -0.4 is 0 Å². The molecule has 1 aliphatic rings. The summed E-state index contributed by atoms with van der Waals surface area (Å²) in [5.74, 6) is -1.21. The number of nitrogens with zero attached hydrogens (tertiary/aromatic N) is 1. The number of halogens is 1. The minimum absolute atomic E-state index is 0.151. The Morgan fingerprint density at radius 3 is 2.41 bits per heavy atom. The van der Waals surface area contributed by atoms with E-state index in [1.165, 1.54) is 11.8 Å². The Labute approximate surface area is 175 Å².